The van der Waals surface area contributed by atoms with Gasteiger partial charge in [0.05, 0.1) is 12.8 Å². The number of tetrazole rings is 1. The zero-order valence-electron chi connectivity index (χ0n) is 17.5. The van der Waals surface area contributed by atoms with Gasteiger partial charge in [0, 0.05) is 24.7 Å². The predicted octanol–water partition coefficient (Wildman–Crippen LogP) is 1.94. The van der Waals surface area contributed by atoms with Crippen LogP contribution in [0.4, 0.5) is 5.69 Å². The third-order valence-electron chi connectivity index (χ3n) is 5.55. The van der Waals surface area contributed by atoms with Gasteiger partial charge in [-0.3, -0.25) is 9.69 Å². The molecule has 3 aromatic rings. The van der Waals surface area contributed by atoms with E-state index in [4.69, 9.17) is 14.2 Å². The molecule has 3 heterocycles. The predicted molar refractivity (Wildman–Crippen MR) is 111 cm³/mol. The van der Waals surface area contributed by atoms with Crippen LogP contribution in [-0.4, -0.2) is 58.5 Å². The summed E-state index contributed by atoms with van der Waals surface area (Å²) in [6, 6.07) is 9.16. The maximum atomic E-state index is 11.5. The summed E-state index contributed by atoms with van der Waals surface area (Å²) in [6.45, 7) is 2.46. The average molecular weight is 422 g/mol. The molecule has 0 saturated carbocycles. The zero-order valence-corrected chi connectivity index (χ0v) is 17.5. The van der Waals surface area contributed by atoms with Crippen LogP contribution in [0.3, 0.4) is 0 Å². The van der Waals surface area contributed by atoms with Crippen LogP contribution >= 0.6 is 0 Å². The van der Waals surface area contributed by atoms with E-state index in [0.717, 1.165) is 29.8 Å². The van der Waals surface area contributed by atoms with Gasteiger partial charge in [0.1, 0.15) is 6.04 Å². The first-order valence-electron chi connectivity index (χ1n) is 9.92. The molecular formula is C21H22N6O4. The second kappa shape index (κ2) is 7.55. The van der Waals surface area contributed by atoms with Crippen molar-refractivity contribution in [1.29, 1.82) is 0 Å². The molecule has 1 aromatic heterocycles. The summed E-state index contributed by atoms with van der Waals surface area (Å²) >= 11 is 0. The lowest BCUT2D eigenvalue weighted by atomic mass is 9.90. The molecule has 10 heteroatoms. The molecule has 1 atom stereocenters. The summed E-state index contributed by atoms with van der Waals surface area (Å²) < 4.78 is 18.8. The van der Waals surface area contributed by atoms with Crippen molar-refractivity contribution in [2.45, 2.75) is 19.4 Å². The van der Waals surface area contributed by atoms with Gasteiger partial charge in [0.2, 0.25) is 18.4 Å². The molecular weight excluding hydrogens is 400 g/mol. The van der Waals surface area contributed by atoms with Crippen LogP contribution in [0.1, 0.15) is 29.9 Å². The number of likely N-dealkylation sites (N-methyl/N-ethyl adjacent to an activating group) is 1. The van der Waals surface area contributed by atoms with Crippen molar-refractivity contribution in [3.05, 3.63) is 47.3 Å². The molecule has 1 N–H and O–H groups in total. The molecule has 0 unspecified atom stereocenters. The maximum absolute atomic E-state index is 11.5. The SMILES string of the molecule is COc1c2c(cc3c1[C@H](c1nnnn1-c1cccc(NC(C)=O)c1)N(C)CC3)OCO2. The summed E-state index contributed by atoms with van der Waals surface area (Å²) in [5.74, 6) is 2.44. The number of ether oxygens (including phenoxy) is 3. The minimum absolute atomic E-state index is 0.143. The number of anilines is 1. The highest BCUT2D eigenvalue weighted by atomic mass is 16.7. The van der Waals surface area contributed by atoms with Crippen molar-refractivity contribution in [1.82, 2.24) is 25.1 Å². The van der Waals surface area contributed by atoms with Crippen LogP contribution in [0.25, 0.3) is 5.69 Å². The molecule has 2 aliphatic rings. The van der Waals surface area contributed by atoms with E-state index >= 15 is 0 Å². The van der Waals surface area contributed by atoms with Gasteiger partial charge in [0.25, 0.3) is 0 Å². The topological polar surface area (TPSA) is 104 Å². The minimum Gasteiger partial charge on any atom is -0.492 e. The Labute approximate surface area is 178 Å². The number of nitrogens with one attached hydrogen (secondary N) is 1. The van der Waals surface area contributed by atoms with Gasteiger partial charge in [0.15, 0.2) is 17.3 Å². The molecule has 2 aromatic carbocycles. The second-order valence-corrected chi connectivity index (χ2v) is 7.53. The largest absolute Gasteiger partial charge is 0.492 e. The number of carbonyl (C=O) groups is 1. The van der Waals surface area contributed by atoms with Crippen molar-refractivity contribution < 1.29 is 19.0 Å². The van der Waals surface area contributed by atoms with Crippen LogP contribution in [0, 0.1) is 0 Å². The van der Waals surface area contributed by atoms with Crippen molar-refractivity contribution >= 4 is 11.6 Å². The molecule has 5 rings (SSSR count). The molecule has 2 aliphatic heterocycles. The molecule has 10 nitrogen and oxygen atoms in total. The Bertz CT molecular complexity index is 1160. The Balaban J connectivity index is 1.64. The third kappa shape index (κ3) is 3.25. The first-order valence-corrected chi connectivity index (χ1v) is 9.92. The number of rotatable bonds is 4. The van der Waals surface area contributed by atoms with E-state index in [9.17, 15) is 4.79 Å². The smallest absolute Gasteiger partial charge is 0.231 e. The summed E-state index contributed by atoms with van der Waals surface area (Å²) in [4.78, 5) is 13.7. The molecule has 0 bridgehead atoms. The Hall–Kier alpha value is -3.66. The van der Waals surface area contributed by atoms with E-state index in [1.54, 1.807) is 11.8 Å². The maximum Gasteiger partial charge on any atom is 0.231 e. The van der Waals surface area contributed by atoms with Crippen molar-refractivity contribution in [3.63, 3.8) is 0 Å². The van der Waals surface area contributed by atoms with Crippen molar-refractivity contribution in [2.24, 2.45) is 0 Å². The zero-order chi connectivity index (χ0) is 21.5. The van der Waals surface area contributed by atoms with Gasteiger partial charge in [-0.25, -0.2) is 0 Å². The van der Waals surface area contributed by atoms with E-state index in [2.05, 4.69) is 25.7 Å². The number of carbonyl (C=O) groups excluding carboxylic acids is 1. The molecule has 160 valence electrons. The summed E-state index contributed by atoms with van der Waals surface area (Å²) in [5, 5.41) is 15.4. The van der Waals surface area contributed by atoms with E-state index in [0.29, 0.717) is 28.8 Å². The molecule has 0 radical (unpaired) electrons. The fourth-order valence-electron chi connectivity index (χ4n) is 4.23. The van der Waals surface area contributed by atoms with E-state index in [-0.39, 0.29) is 18.7 Å². The van der Waals surface area contributed by atoms with Crippen LogP contribution in [-0.2, 0) is 11.2 Å². The Kier molecular flexibility index (Phi) is 4.70. The number of aromatic nitrogens is 4. The highest BCUT2D eigenvalue weighted by molar-refractivity contribution is 5.88. The standard InChI is InChI=1S/C21H22N6O4/c1-12(28)22-14-5-4-6-15(10-14)27-21(23-24-25-27)18-17-13(7-8-26(18)2)9-16-19(20(17)29-3)31-11-30-16/h4-6,9-10,18H,7-8,11H2,1-3H3,(H,22,28)/t18-/m1/s1. The number of benzene rings is 2. The number of nitrogens with zero attached hydrogens (tertiary/aromatic N) is 5. The molecule has 0 fully saturated rings. The van der Waals surface area contributed by atoms with Gasteiger partial charge in [-0.1, -0.05) is 6.07 Å². The van der Waals surface area contributed by atoms with Gasteiger partial charge in [-0.2, -0.15) is 4.68 Å². The normalized spacial score (nSPS) is 17.3. The summed E-state index contributed by atoms with van der Waals surface area (Å²) in [5.41, 5.74) is 3.50. The van der Waals surface area contributed by atoms with Gasteiger partial charge >= 0.3 is 0 Å². The number of hydrogen-bond donors (Lipinski definition) is 1. The van der Waals surface area contributed by atoms with Crippen molar-refractivity contribution in [2.75, 3.05) is 32.8 Å². The van der Waals surface area contributed by atoms with Crippen LogP contribution in [0.15, 0.2) is 30.3 Å². The lowest BCUT2D eigenvalue weighted by Gasteiger charge is -2.34. The first kappa shape index (κ1) is 19.3. The second-order valence-electron chi connectivity index (χ2n) is 7.53. The molecule has 0 saturated heterocycles. The van der Waals surface area contributed by atoms with E-state index in [1.807, 2.05) is 37.4 Å². The number of methoxy groups -OCH3 is 1. The lowest BCUT2D eigenvalue weighted by Crippen LogP contribution is -2.35. The highest BCUT2D eigenvalue weighted by Crippen LogP contribution is 2.50. The molecule has 31 heavy (non-hydrogen) atoms. The molecule has 0 aliphatic carbocycles. The monoisotopic (exact) mass is 422 g/mol. The van der Waals surface area contributed by atoms with Gasteiger partial charge in [-0.15, -0.1) is 5.10 Å². The fourth-order valence-corrected chi connectivity index (χ4v) is 4.23. The van der Waals surface area contributed by atoms with Crippen LogP contribution in [0.5, 0.6) is 17.2 Å². The molecule has 0 spiro atoms. The number of fused-ring (bicyclic) bond motifs is 2. The number of hydrogen-bond acceptors (Lipinski definition) is 8. The highest BCUT2D eigenvalue weighted by Gasteiger charge is 2.37. The Morgan fingerprint density at radius 2 is 2.16 bits per heavy atom. The van der Waals surface area contributed by atoms with Gasteiger partial charge in [-0.05, 0) is 53.7 Å². The van der Waals surface area contributed by atoms with Crippen LogP contribution in [0.2, 0.25) is 0 Å². The van der Waals surface area contributed by atoms with Crippen LogP contribution < -0.4 is 19.5 Å². The fraction of sp³-hybridized carbons (Fsp3) is 0.333. The Morgan fingerprint density at radius 3 is 2.97 bits per heavy atom. The summed E-state index contributed by atoms with van der Waals surface area (Å²) in [7, 11) is 3.66. The van der Waals surface area contributed by atoms with E-state index < -0.39 is 0 Å². The average Bonchev–Trinajstić information content (AvgIpc) is 3.41. The van der Waals surface area contributed by atoms with Crippen molar-refractivity contribution in [3.8, 4) is 22.9 Å². The van der Waals surface area contributed by atoms with Gasteiger partial charge < -0.3 is 19.5 Å². The molecule has 1 amide bonds. The minimum atomic E-state index is -0.257. The third-order valence-corrected chi connectivity index (χ3v) is 5.55. The number of amides is 1. The van der Waals surface area contributed by atoms with E-state index in [1.165, 1.54) is 6.92 Å². The quantitative estimate of drug-likeness (QED) is 0.680. The first-order chi connectivity index (χ1) is 15.1. The summed E-state index contributed by atoms with van der Waals surface area (Å²) in [6.07, 6.45) is 0.842. The Morgan fingerprint density at radius 1 is 1.29 bits per heavy atom. The lowest BCUT2D eigenvalue weighted by molar-refractivity contribution is -0.114.